The first kappa shape index (κ1) is 16.6. The van der Waals surface area contributed by atoms with Gasteiger partial charge in [0.2, 0.25) is 0 Å². The fraction of sp³-hybridized carbons (Fsp3) is 0.929. The number of hydrogen-bond acceptors (Lipinski definition) is 3. The van der Waals surface area contributed by atoms with Crippen LogP contribution in [0.15, 0.2) is 4.99 Å². The van der Waals surface area contributed by atoms with Crippen LogP contribution in [-0.4, -0.2) is 50.3 Å². The minimum absolute atomic E-state index is 0.300. The number of rotatable bonds is 6. The fourth-order valence-corrected chi connectivity index (χ4v) is 2.93. The number of guanidine groups is 1. The van der Waals surface area contributed by atoms with Crippen LogP contribution in [0.2, 0.25) is 0 Å². The summed E-state index contributed by atoms with van der Waals surface area (Å²) < 4.78 is 5.76. The molecule has 0 aromatic heterocycles. The summed E-state index contributed by atoms with van der Waals surface area (Å²) in [7, 11) is 1.83. The van der Waals surface area contributed by atoms with E-state index in [1.54, 1.807) is 0 Å². The molecule has 1 heterocycles. The fourth-order valence-electron chi connectivity index (χ4n) is 2.14. The predicted molar refractivity (Wildman–Crippen MR) is 85.1 cm³/mol. The van der Waals surface area contributed by atoms with Gasteiger partial charge in [-0.25, -0.2) is 0 Å². The van der Waals surface area contributed by atoms with Crippen LogP contribution in [0, 0.1) is 5.92 Å². The SMILES string of the molecule is CN=C(NCCC(C)C)NCC1(SC)CCOCC1. The molecule has 19 heavy (non-hydrogen) atoms. The maximum atomic E-state index is 5.46. The highest BCUT2D eigenvalue weighted by molar-refractivity contribution is 8.00. The van der Waals surface area contributed by atoms with E-state index in [1.165, 1.54) is 6.42 Å². The molecular weight excluding hydrogens is 258 g/mol. The van der Waals surface area contributed by atoms with Crippen molar-refractivity contribution in [2.75, 3.05) is 39.6 Å². The number of aliphatic imine (C=N–C) groups is 1. The molecule has 0 unspecified atom stereocenters. The second-order valence-corrected chi connectivity index (χ2v) is 6.81. The van der Waals surface area contributed by atoms with Crippen molar-refractivity contribution < 1.29 is 4.74 Å². The molecule has 1 rings (SSSR count). The van der Waals surface area contributed by atoms with E-state index in [-0.39, 0.29) is 0 Å². The van der Waals surface area contributed by atoms with Crippen LogP contribution in [0.4, 0.5) is 0 Å². The summed E-state index contributed by atoms with van der Waals surface area (Å²) in [6.07, 6.45) is 5.60. The first-order valence-corrected chi connectivity index (χ1v) is 8.42. The molecule has 0 atom stereocenters. The lowest BCUT2D eigenvalue weighted by molar-refractivity contribution is 0.0783. The zero-order valence-electron chi connectivity index (χ0n) is 12.8. The van der Waals surface area contributed by atoms with Crippen LogP contribution in [0.25, 0.3) is 0 Å². The summed E-state index contributed by atoms with van der Waals surface area (Å²) in [5.74, 6) is 1.64. The van der Waals surface area contributed by atoms with Crippen molar-refractivity contribution >= 4 is 17.7 Å². The summed E-state index contributed by atoms with van der Waals surface area (Å²) in [5.41, 5.74) is 0. The summed E-state index contributed by atoms with van der Waals surface area (Å²) in [6, 6.07) is 0. The second kappa shape index (κ2) is 8.69. The normalized spacial score (nSPS) is 19.5. The summed E-state index contributed by atoms with van der Waals surface area (Å²) >= 11 is 1.95. The maximum absolute atomic E-state index is 5.46. The van der Waals surface area contributed by atoms with E-state index in [0.29, 0.717) is 4.75 Å². The number of nitrogens with one attached hydrogen (secondary N) is 2. The summed E-state index contributed by atoms with van der Waals surface area (Å²) in [6.45, 7) is 8.17. The van der Waals surface area contributed by atoms with Crippen molar-refractivity contribution in [3.8, 4) is 0 Å². The van der Waals surface area contributed by atoms with Crippen molar-refractivity contribution in [2.24, 2.45) is 10.9 Å². The minimum Gasteiger partial charge on any atom is -0.381 e. The quantitative estimate of drug-likeness (QED) is 0.580. The molecule has 0 saturated carbocycles. The molecule has 4 nitrogen and oxygen atoms in total. The molecule has 0 aromatic carbocycles. The van der Waals surface area contributed by atoms with Crippen molar-refractivity contribution in [3.63, 3.8) is 0 Å². The van der Waals surface area contributed by atoms with Gasteiger partial charge in [-0.2, -0.15) is 11.8 Å². The molecule has 2 N–H and O–H groups in total. The number of ether oxygens (including phenoxy) is 1. The largest absolute Gasteiger partial charge is 0.381 e. The van der Waals surface area contributed by atoms with Gasteiger partial charge in [0.1, 0.15) is 0 Å². The third-order valence-electron chi connectivity index (χ3n) is 3.65. The molecule has 0 radical (unpaired) electrons. The zero-order valence-corrected chi connectivity index (χ0v) is 13.6. The van der Waals surface area contributed by atoms with Crippen molar-refractivity contribution in [2.45, 2.75) is 37.9 Å². The molecule has 0 amide bonds. The Morgan fingerprint density at radius 1 is 1.32 bits per heavy atom. The van der Waals surface area contributed by atoms with E-state index in [4.69, 9.17) is 4.74 Å². The van der Waals surface area contributed by atoms with Crippen molar-refractivity contribution in [1.82, 2.24) is 10.6 Å². The van der Waals surface area contributed by atoms with E-state index >= 15 is 0 Å². The van der Waals surface area contributed by atoms with Crippen LogP contribution >= 0.6 is 11.8 Å². The van der Waals surface area contributed by atoms with Gasteiger partial charge in [-0.3, -0.25) is 4.99 Å². The molecule has 1 aliphatic rings. The Bertz CT molecular complexity index is 276. The summed E-state index contributed by atoms with van der Waals surface area (Å²) in [4.78, 5) is 4.29. The van der Waals surface area contributed by atoms with Gasteiger partial charge in [-0.05, 0) is 31.4 Å². The Balaban J connectivity index is 2.35. The van der Waals surface area contributed by atoms with Crippen LogP contribution in [0.5, 0.6) is 0 Å². The molecule has 112 valence electrons. The number of thioether (sulfide) groups is 1. The molecule has 1 fully saturated rings. The van der Waals surface area contributed by atoms with Gasteiger partial charge in [0.15, 0.2) is 5.96 Å². The molecule has 0 aliphatic carbocycles. The Hall–Kier alpha value is -0.420. The molecule has 0 spiro atoms. The average molecular weight is 287 g/mol. The molecule has 5 heteroatoms. The Labute approximate surface area is 122 Å². The Kier molecular flexibility index (Phi) is 7.61. The minimum atomic E-state index is 0.300. The van der Waals surface area contributed by atoms with Crippen molar-refractivity contribution in [3.05, 3.63) is 0 Å². The average Bonchev–Trinajstić information content (AvgIpc) is 2.43. The first-order chi connectivity index (χ1) is 9.12. The Morgan fingerprint density at radius 3 is 2.53 bits per heavy atom. The number of hydrogen-bond donors (Lipinski definition) is 2. The molecule has 0 aromatic rings. The third-order valence-corrected chi connectivity index (χ3v) is 5.07. The van der Waals surface area contributed by atoms with E-state index in [9.17, 15) is 0 Å². The molecule has 0 bridgehead atoms. The second-order valence-electron chi connectivity index (χ2n) is 5.53. The van der Waals surface area contributed by atoms with E-state index in [1.807, 2.05) is 18.8 Å². The molecule has 1 saturated heterocycles. The van der Waals surface area contributed by atoms with Gasteiger partial charge in [-0.15, -0.1) is 0 Å². The van der Waals surface area contributed by atoms with Gasteiger partial charge in [0, 0.05) is 38.1 Å². The van der Waals surface area contributed by atoms with Gasteiger partial charge < -0.3 is 15.4 Å². The predicted octanol–water partition coefficient (Wildman–Crippen LogP) is 2.11. The third kappa shape index (κ3) is 6.04. The van der Waals surface area contributed by atoms with Crippen LogP contribution in [0.1, 0.15) is 33.1 Å². The summed E-state index contributed by atoms with van der Waals surface area (Å²) in [5, 5.41) is 6.85. The zero-order chi connectivity index (χ0) is 14.1. The molecular formula is C14H29N3OS. The van der Waals surface area contributed by atoms with Gasteiger partial charge in [0.05, 0.1) is 0 Å². The van der Waals surface area contributed by atoms with Crippen LogP contribution in [-0.2, 0) is 4.74 Å². The van der Waals surface area contributed by atoms with E-state index in [0.717, 1.165) is 51.0 Å². The van der Waals surface area contributed by atoms with Gasteiger partial charge in [0.25, 0.3) is 0 Å². The topological polar surface area (TPSA) is 45.7 Å². The lowest BCUT2D eigenvalue weighted by Crippen LogP contribution is -2.48. The first-order valence-electron chi connectivity index (χ1n) is 7.19. The highest BCUT2D eigenvalue weighted by atomic mass is 32.2. The number of nitrogens with zero attached hydrogens (tertiary/aromatic N) is 1. The standard InChI is InChI=1S/C14H29N3OS/c1-12(2)5-8-16-13(15-3)17-11-14(19-4)6-9-18-10-7-14/h12H,5-11H2,1-4H3,(H2,15,16,17). The van der Waals surface area contributed by atoms with Crippen molar-refractivity contribution in [1.29, 1.82) is 0 Å². The monoisotopic (exact) mass is 287 g/mol. The highest BCUT2D eigenvalue weighted by Crippen LogP contribution is 2.32. The van der Waals surface area contributed by atoms with E-state index < -0.39 is 0 Å². The smallest absolute Gasteiger partial charge is 0.191 e. The maximum Gasteiger partial charge on any atom is 0.191 e. The highest BCUT2D eigenvalue weighted by Gasteiger charge is 2.31. The van der Waals surface area contributed by atoms with Crippen LogP contribution < -0.4 is 10.6 Å². The van der Waals surface area contributed by atoms with Crippen LogP contribution in [0.3, 0.4) is 0 Å². The Morgan fingerprint density at radius 2 is 2.00 bits per heavy atom. The molecule has 1 aliphatic heterocycles. The lowest BCUT2D eigenvalue weighted by atomic mass is 9.99. The lowest BCUT2D eigenvalue weighted by Gasteiger charge is -2.36. The van der Waals surface area contributed by atoms with Gasteiger partial charge in [-0.1, -0.05) is 13.8 Å². The van der Waals surface area contributed by atoms with Gasteiger partial charge >= 0.3 is 0 Å². The van der Waals surface area contributed by atoms with E-state index in [2.05, 4.69) is 35.7 Å².